The second kappa shape index (κ2) is 12.0. The normalized spacial score (nSPS) is 13.9. The molecule has 4 heteroatoms. The van der Waals surface area contributed by atoms with Gasteiger partial charge in [-0.3, -0.25) is 8.97 Å². The van der Waals surface area contributed by atoms with Gasteiger partial charge in [-0.25, -0.2) is 4.98 Å². The number of aryl methyl sites for hydroxylation is 1. The van der Waals surface area contributed by atoms with Crippen LogP contribution in [0.2, 0.25) is 0 Å². The van der Waals surface area contributed by atoms with Crippen molar-refractivity contribution in [2.45, 2.75) is 25.2 Å². The van der Waals surface area contributed by atoms with E-state index in [2.05, 4.69) is 189 Å². The van der Waals surface area contributed by atoms with Crippen LogP contribution in [-0.2, 0) is 12.8 Å². The molecule has 0 N–H and O–H groups in total. The molecule has 0 fully saturated rings. The van der Waals surface area contributed by atoms with E-state index >= 15 is 0 Å². The summed E-state index contributed by atoms with van der Waals surface area (Å²) in [7, 11) is 0. The molecule has 0 amide bonds. The van der Waals surface area contributed by atoms with Crippen molar-refractivity contribution in [2.75, 3.05) is 0 Å². The van der Waals surface area contributed by atoms with Gasteiger partial charge in [-0.1, -0.05) is 127 Å². The number of para-hydroxylation sites is 3. The molecule has 1 unspecified atom stereocenters. The number of aromatic nitrogens is 4. The largest absolute Gasteiger partial charge is 0.309 e. The number of nitrogens with zero attached hydrogens (tertiary/aromatic N) is 4. The summed E-state index contributed by atoms with van der Waals surface area (Å²) in [5.74, 6) is 1.38. The molecule has 252 valence electrons. The van der Waals surface area contributed by atoms with E-state index in [4.69, 9.17) is 4.98 Å². The minimum absolute atomic E-state index is 0.419. The van der Waals surface area contributed by atoms with Crippen LogP contribution in [0, 0.1) is 0 Å². The predicted molar refractivity (Wildman–Crippen MR) is 218 cm³/mol. The third-order valence-electron chi connectivity index (χ3n) is 11.3. The summed E-state index contributed by atoms with van der Waals surface area (Å²) in [5.41, 5.74) is 15.9. The maximum Gasteiger partial charge on any atom is 0.220 e. The molecule has 1 atom stereocenters. The Morgan fingerprint density at radius 1 is 0.509 bits per heavy atom. The standard InChI is InChI=1S/C49H36N4/c1-4-14-33(15-5-1)24-25-36-30-43-48(42-22-11-10-20-39(36)42)53-45-29-27-35(32-47(45)52(49(53)50-43)38-18-8-3-9-19-38)34-26-28-41-40-21-12-13-23-44(40)51(46(41)31-34)37-16-6-2-7-17-37/h1-23,26-29,31-32,36H,24-25,30H2. The van der Waals surface area contributed by atoms with Crippen molar-refractivity contribution in [3.05, 3.63) is 193 Å². The molecule has 3 heterocycles. The molecule has 10 aromatic rings. The fourth-order valence-corrected chi connectivity index (χ4v) is 8.92. The van der Waals surface area contributed by atoms with Gasteiger partial charge in [0.15, 0.2) is 0 Å². The highest BCUT2D eigenvalue weighted by Gasteiger charge is 2.31. The van der Waals surface area contributed by atoms with Crippen molar-refractivity contribution in [3.8, 4) is 33.8 Å². The molecule has 0 aliphatic heterocycles. The van der Waals surface area contributed by atoms with Gasteiger partial charge < -0.3 is 4.57 Å². The van der Waals surface area contributed by atoms with Crippen LogP contribution < -0.4 is 0 Å². The molecule has 53 heavy (non-hydrogen) atoms. The summed E-state index contributed by atoms with van der Waals surface area (Å²) in [6, 6.07) is 63.9. The summed E-state index contributed by atoms with van der Waals surface area (Å²) in [4.78, 5) is 5.51. The van der Waals surface area contributed by atoms with Crippen LogP contribution in [-0.4, -0.2) is 18.5 Å². The zero-order valence-electron chi connectivity index (χ0n) is 29.2. The molecule has 4 nitrogen and oxygen atoms in total. The number of benzene rings is 7. The lowest BCUT2D eigenvalue weighted by Crippen LogP contribution is -2.13. The summed E-state index contributed by atoms with van der Waals surface area (Å²) >= 11 is 0. The third kappa shape index (κ3) is 4.72. The average molecular weight is 681 g/mol. The van der Waals surface area contributed by atoms with Crippen LogP contribution in [0.4, 0.5) is 0 Å². The lowest BCUT2D eigenvalue weighted by Gasteiger charge is -2.25. The van der Waals surface area contributed by atoms with Crippen molar-refractivity contribution in [1.82, 2.24) is 18.5 Å². The van der Waals surface area contributed by atoms with Crippen molar-refractivity contribution in [1.29, 1.82) is 0 Å². The fourth-order valence-electron chi connectivity index (χ4n) is 8.92. The number of imidazole rings is 2. The van der Waals surface area contributed by atoms with Gasteiger partial charge in [-0.15, -0.1) is 0 Å². The average Bonchev–Trinajstić information content (AvgIpc) is 3.87. The van der Waals surface area contributed by atoms with Crippen LogP contribution in [0.5, 0.6) is 0 Å². The highest BCUT2D eigenvalue weighted by atomic mass is 15.2. The maximum atomic E-state index is 5.51. The molecule has 0 radical (unpaired) electrons. The van der Waals surface area contributed by atoms with Gasteiger partial charge in [-0.2, -0.15) is 0 Å². The summed E-state index contributed by atoms with van der Waals surface area (Å²) in [6.07, 6.45) is 3.09. The Morgan fingerprint density at radius 2 is 1.13 bits per heavy atom. The van der Waals surface area contributed by atoms with Gasteiger partial charge in [0, 0.05) is 27.7 Å². The quantitative estimate of drug-likeness (QED) is 0.172. The van der Waals surface area contributed by atoms with Gasteiger partial charge in [0.25, 0.3) is 0 Å². The van der Waals surface area contributed by atoms with E-state index < -0.39 is 0 Å². The van der Waals surface area contributed by atoms with Crippen LogP contribution in [0.1, 0.15) is 29.2 Å². The van der Waals surface area contributed by atoms with E-state index in [0.717, 1.165) is 41.9 Å². The lowest BCUT2D eigenvalue weighted by molar-refractivity contribution is 0.608. The molecule has 7 aromatic carbocycles. The SMILES string of the molecule is c1ccc(CCC2Cc3nc4n(-c5ccccc5)c5cc(-c6ccc7c8ccccc8n(-c8ccccc8)c7c6)ccc5n4c3-c3ccccc32)cc1. The van der Waals surface area contributed by atoms with E-state index in [1.165, 1.54) is 66.5 Å². The van der Waals surface area contributed by atoms with E-state index in [0.29, 0.717) is 5.92 Å². The van der Waals surface area contributed by atoms with Gasteiger partial charge in [-0.05, 0) is 96.0 Å². The van der Waals surface area contributed by atoms with E-state index in [9.17, 15) is 0 Å². The molecule has 1 aliphatic carbocycles. The van der Waals surface area contributed by atoms with Gasteiger partial charge in [0.1, 0.15) is 0 Å². The highest BCUT2D eigenvalue weighted by Crippen LogP contribution is 2.44. The first-order valence-electron chi connectivity index (χ1n) is 18.6. The fraction of sp³-hybridized carbons (Fsp3) is 0.0816. The summed E-state index contributed by atoms with van der Waals surface area (Å²) in [5, 5.41) is 2.52. The minimum Gasteiger partial charge on any atom is -0.309 e. The first-order chi connectivity index (χ1) is 26.3. The van der Waals surface area contributed by atoms with Crippen LogP contribution in [0.25, 0.3) is 72.4 Å². The smallest absolute Gasteiger partial charge is 0.220 e. The molecule has 1 aliphatic rings. The maximum absolute atomic E-state index is 5.51. The highest BCUT2D eigenvalue weighted by molar-refractivity contribution is 6.10. The molecular formula is C49H36N4. The summed E-state index contributed by atoms with van der Waals surface area (Å²) in [6.45, 7) is 0. The topological polar surface area (TPSA) is 27.2 Å². The molecule has 11 rings (SSSR count). The van der Waals surface area contributed by atoms with Crippen molar-refractivity contribution in [3.63, 3.8) is 0 Å². The van der Waals surface area contributed by atoms with Gasteiger partial charge in [0.05, 0.1) is 33.5 Å². The van der Waals surface area contributed by atoms with Crippen molar-refractivity contribution in [2.24, 2.45) is 0 Å². The predicted octanol–water partition coefficient (Wildman–Crippen LogP) is 12.0. The Labute approximate surface area is 307 Å². The van der Waals surface area contributed by atoms with Crippen LogP contribution >= 0.6 is 0 Å². The first-order valence-corrected chi connectivity index (χ1v) is 18.6. The first kappa shape index (κ1) is 30.0. The number of fused-ring (bicyclic) bond motifs is 10. The van der Waals surface area contributed by atoms with E-state index in [1.54, 1.807) is 0 Å². The molecule has 0 saturated carbocycles. The zero-order valence-corrected chi connectivity index (χ0v) is 29.2. The Balaban J connectivity index is 1.10. The van der Waals surface area contributed by atoms with E-state index in [-0.39, 0.29) is 0 Å². The summed E-state index contributed by atoms with van der Waals surface area (Å²) < 4.78 is 7.17. The zero-order chi connectivity index (χ0) is 34.9. The third-order valence-corrected chi connectivity index (χ3v) is 11.3. The van der Waals surface area contributed by atoms with Gasteiger partial charge >= 0.3 is 0 Å². The second-order valence-electron chi connectivity index (χ2n) is 14.3. The van der Waals surface area contributed by atoms with Crippen LogP contribution in [0.15, 0.2) is 176 Å². The number of rotatable bonds is 6. The second-order valence-corrected chi connectivity index (χ2v) is 14.3. The Hall–Kier alpha value is -6.65. The molecule has 0 spiro atoms. The molecule has 0 saturated heterocycles. The monoisotopic (exact) mass is 680 g/mol. The van der Waals surface area contributed by atoms with Gasteiger partial charge in [0.2, 0.25) is 5.78 Å². The Morgan fingerprint density at radius 3 is 1.92 bits per heavy atom. The van der Waals surface area contributed by atoms with Crippen LogP contribution in [0.3, 0.4) is 0 Å². The number of hydrogen-bond acceptors (Lipinski definition) is 1. The Bertz CT molecular complexity index is 2970. The number of hydrogen-bond donors (Lipinski definition) is 0. The van der Waals surface area contributed by atoms with Crippen molar-refractivity contribution >= 4 is 38.6 Å². The molecule has 3 aromatic heterocycles. The minimum atomic E-state index is 0.419. The Kier molecular flexibility index (Phi) is 6.78. The lowest BCUT2D eigenvalue weighted by atomic mass is 9.80. The van der Waals surface area contributed by atoms with Crippen molar-refractivity contribution < 1.29 is 0 Å². The van der Waals surface area contributed by atoms with E-state index in [1.807, 2.05) is 0 Å². The molecular weight excluding hydrogens is 645 g/mol. The molecule has 0 bridgehead atoms.